The molecule has 0 radical (unpaired) electrons. The van der Waals surface area contributed by atoms with Crippen LogP contribution in [0.2, 0.25) is 0 Å². The van der Waals surface area contributed by atoms with Crippen LogP contribution in [0.1, 0.15) is 12.0 Å². The van der Waals surface area contributed by atoms with E-state index in [0.717, 1.165) is 36.1 Å². The molecule has 1 aromatic rings. The number of nitrogens with zero attached hydrogens (tertiary/aromatic N) is 3. The number of amidine groups is 1. The third kappa shape index (κ3) is 2.83. The number of hydrogen-bond donors (Lipinski definition) is 0. The second-order valence-corrected chi connectivity index (χ2v) is 6.88. The Morgan fingerprint density at radius 3 is 3.22 bits per heavy atom. The normalized spacial score (nSPS) is 21.4. The van der Waals surface area contributed by atoms with E-state index in [-0.39, 0.29) is 12.0 Å². The van der Waals surface area contributed by atoms with Crippen LogP contribution in [0, 0.1) is 0 Å². The number of rotatable bonds is 4. The first-order valence-corrected chi connectivity index (χ1v) is 8.75. The molecule has 0 spiro atoms. The summed E-state index contributed by atoms with van der Waals surface area (Å²) in [6, 6.07) is 8.09. The van der Waals surface area contributed by atoms with Crippen molar-refractivity contribution < 1.29 is 9.53 Å². The van der Waals surface area contributed by atoms with Gasteiger partial charge in [-0.15, -0.1) is 0 Å². The van der Waals surface area contributed by atoms with Crippen LogP contribution in [0.25, 0.3) is 0 Å². The molecule has 0 N–H and O–H groups in total. The largest absolute Gasteiger partial charge is 0.488 e. The molecule has 0 saturated heterocycles. The van der Waals surface area contributed by atoms with Gasteiger partial charge in [0, 0.05) is 25.7 Å². The van der Waals surface area contributed by atoms with Crippen LogP contribution in [0.5, 0.6) is 5.75 Å². The zero-order valence-electron chi connectivity index (χ0n) is 13.1. The van der Waals surface area contributed by atoms with Crippen molar-refractivity contribution in [2.45, 2.75) is 18.9 Å². The first-order chi connectivity index (χ1) is 11.2. The number of thioether (sulfide) groups is 1. The average Bonchev–Trinajstić information content (AvgIpc) is 3.23. The molecule has 3 heterocycles. The molecule has 0 unspecified atom stereocenters. The summed E-state index contributed by atoms with van der Waals surface area (Å²) in [5, 5.41) is 3.08. The van der Waals surface area contributed by atoms with Crippen LogP contribution in [-0.4, -0.2) is 53.7 Å². The topological polar surface area (TPSA) is 45.1 Å². The molecule has 120 valence electrons. The maximum absolute atomic E-state index is 12.5. The number of para-hydroxylation sites is 1. The molecule has 1 atom stereocenters. The first kappa shape index (κ1) is 14.6. The Balaban J connectivity index is 1.32. The van der Waals surface area contributed by atoms with Crippen LogP contribution in [0.15, 0.2) is 40.4 Å². The maximum Gasteiger partial charge on any atom is 0.228 e. The molecule has 3 aliphatic heterocycles. The number of hydrogen-bond acceptors (Lipinski definition) is 5. The lowest BCUT2D eigenvalue weighted by Crippen LogP contribution is -2.37. The van der Waals surface area contributed by atoms with Crippen LogP contribution in [0.3, 0.4) is 0 Å². The van der Waals surface area contributed by atoms with E-state index in [9.17, 15) is 4.79 Å². The lowest BCUT2D eigenvalue weighted by Gasteiger charge is -2.23. The Morgan fingerprint density at radius 2 is 2.35 bits per heavy atom. The van der Waals surface area contributed by atoms with Gasteiger partial charge in [0.05, 0.1) is 19.5 Å². The molecule has 0 saturated carbocycles. The number of fused-ring (bicyclic) bond motifs is 2. The minimum absolute atomic E-state index is 0.0530. The third-order valence-electron chi connectivity index (χ3n) is 4.40. The lowest BCUT2D eigenvalue weighted by atomic mass is 10.1. The summed E-state index contributed by atoms with van der Waals surface area (Å²) >= 11 is 1.62. The Morgan fingerprint density at radius 1 is 1.48 bits per heavy atom. The van der Waals surface area contributed by atoms with Crippen molar-refractivity contribution in [3.05, 3.63) is 40.9 Å². The van der Waals surface area contributed by atoms with Gasteiger partial charge in [0.15, 0.2) is 5.17 Å². The van der Waals surface area contributed by atoms with Gasteiger partial charge in [-0.05, 0) is 17.0 Å². The third-order valence-corrected chi connectivity index (χ3v) is 5.35. The number of carbonyl (C=O) groups excluding carboxylic acids is 1. The SMILES string of the molecule is CN(C[C@H]1Cc2ccccc2O1)C(=O)CC1=CSC2=NCCN12. The molecule has 23 heavy (non-hydrogen) atoms. The molecular formula is C17H19N3O2S. The van der Waals surface area contributed by atoms with Gasteiger partial charge in [0.1, 0.15) is 11.9 Å². The van der Waals surface area contributed by atoms with E-state index < -0.39 is 0 Å². The summed E-state index contributed by atoms with van der Waals surface area (Å²) < 4.78 is 5.92. The van der Waals surface area contributed by atoms with E-state index in [4.69, 9.17) is 4.74 Å². The standard InChI is InChI=1S/C17H19N3O2S/c1-19(10-14-8-12-4-2-3-5-15(12)22-14)16(21)9-13-11-23-17-18-6-7-20(13)17/h2-5,11,14H,6-10H2,1H3/t14-/m1/s1. The summed E-state index contributed by atoms with van der Waals surface area (Å²) in [5.74, 6) is 1.08. The fourth-order valence-electron chi connectivity index (χ4n) is 3.17. The van der Waals surface area contributed by atoms with Gasteiger partial charge in [-0.2, -0.15) is 0 Å². The van der Waals surface area contributed by atoms with Crippen molar-refractivity contribution in [1.82, 2.24) is 9.80 Å². The Labute approximate surface area is 140 Å². The number of aliphatic imine (C=N–C) groups is 1. The van der Waals surface area contributed by atoms with Crippen molar-refractivity contribution in [2.75, 3.05) is 26.7 Å². The quantitative estimate of drug-likeness (QED) is 0.849. The smallest absolute Gasteiger partial charge is 0.228 e. The van der Waals surface area contributed by atoms with E-state index in [0.29, 0.717) is 13.0 Å². The average molecular weight is 329 g/mol. The second-order valence-electron chi connectivity index (χ2n) is 6.05. The number of amides is 1. The molecule has 1 amide bonds. The molecule has 0 bridgehead atoms. The van der Waals surface area contributed by atoms with Gasteiger partial charge in [0.2, 0.25) is 5.91 Å². The van der Waals surface area contributed by atoms with Gasteiger partial charge in [-0.25, -0.2) is 0 Å². The van der Waals surface area contributed by atoms with Gasteiger partial charge in [-0.1, -0.05) is 30.0 Å². The number of ether oxygens (including phenoxy) is 1. The highest BCUT2D eigenvalue weighted by Gasteiger charge is 2.29. The summed E-state index contributed by atoms with van der Waals surface area (Å²) in [6.45, 7) is 2.35. The van der Waals surface area contributed by atoms with Crippen molar-refractivity contribution in [3.8, 4) is 5.75 Å². The summed E-state index contributed by atoms with van der Waals surface area (Å²) in [5.41, 5.74) is 2.30. The molecule has 6 heteroatoms. The Hall–Kier alpha value is -1.95. The van der Waals surface area contributed by atoms with E-state index in [1.54, 1.807) is 16.7 Å². The minimum atomic E-state index is 0.0530. The van der Waals surface area contributed by atoms with Gasteiger partial charge in [0.25, 0.3) is 0 Å². The maximum atomic E-state index is 12.5. The minimum Gasteiger partial charge on any atom is -0.488 e. The zero-order chi connectivity index (χ0) is 15.8. The fraction of sp³-hybridized carbons (Fsp3) is 0.412. The highest BCUT2D eigenvalue weighted by Crippen LogP contribution is 2.31. The highest BCUT2D eigenvalue weighted by molar-refractivity contribution is 8.16. The van der Waals surface area contributed by atoms with Crippen molar-refractivity contribution in [3.63, 3.8) is 0 Å². The summed E-state index contributed by atoms with van der Waals surface area (Å²) in [7, 11) is 1.86. The predicted molar refractivity (Wildman–Crippen MR) is 91.5 cm³/mol. The van der Waals surface area contributed by atoms with Gasteiger partial charge in [-0.3, -0.25) is 9.79 Å². The Kier molecular flexibility index (Phi) is 3.77. The highest BCUT2D eigenvalue weighted by atomic mass is 32.2. The van der Waals surface area contributed by atoms with Crippen LogP contribution >= 0.6 is 11.8 Å². The van der Waals surface area contributed by atoms with E-state index in [1.807, 2.05) is 30.7 Å². The molecule has 0 fully saturated rings. The molecule has 5 nitrogen and oxygen atoms in total. The molecule has 1 aromatic carbocycles. The van der Waals surface area contributed by atoms with Crippen molar-refractivity contribution in [2.24, 2.45) is 4.99 Å². The first-order valence-electron chi connectivity index (χ1n) is 7.87. The lowest BCUT2D eigenvalue weighted by molar-refractivity contribution is -0.130. The predicted octanol–water partition coefficient (Wildman–Crippen LogP) is 2.10. The van der Waals surface area contributed by atoms with E-state index in [1.165, 1.54) is 5.56 Å². The number of likely N-dealkylation sites (N-methyl/N-ethyl adjacent to an activating group) is 1. The number of carbonyl (C=O) groups is 1. The van der Waals surface area contributed by atoms with Crippen molar-refractivity contribution >= 4 is 22.8 Å². The number of benzene rings is 1. The van der Waals surface area contributed by atoms with E-state index >= 15 is 0 Å². The monoisotopic (exact) mass is 329 g/mol. The van der Waals surface area contributed by atoms with E-state index in [2.05, 4.69) is 16.0 Å². The van der Waals surface area contributed by atoms with Crippen LogP contribution in [0.4, 0.5) is 0 Å². The molecule has 3 aliphatic rings. The van der Waals surface area contributed by atoms with Gasteiger partial charge >= 0.3 is 0 Å². The van der Waals surface area contributed by atoms with Crippen molar-refractivity contribution in [1.29, 1.82) is 0 Å². The molecule has 0 aromatic heterocycles. The molecular weight excluding hydrogens is 310 g/mol. The summed E-state index contributed by atoms with van der Waals surface area (Å²) in [4.78, 5) is 20.9. The molecule has 0 aliphatic carbocycles. The molecule has 4 rings (SSSR count). The second kappa shape index (κ2) is 5.92. The van der Waals surface area contributed by atoms with Gasteiger partial charge < -0.3 is 14.5 Å². The zero-order valence-corrected chi connectivity index (χ0v) is 13.9. The summed E-state index contributed by atoms with van der Waals surface area (Å²) in [6.07, 6.45) is 1.36. The Bertz CT molecular complexity index is 676. The van der Waals surface area contributed by atoms with Crippen LogP contribution in [-0.2, 0) is 11.2 Å². The fourth-order valence-corrected chi connectivity index (χ4v) is 4.12. The van der Waals surface area contributed by atoms with Crippen LogP contribution < -0.4 is 4.74 Å².